The molecule has 0 aromatic carbocycles. The summed E-state index contributed by atoms with van der Waals surface area (Å²) >= 11 is 0. The van der Waals surface area contributed by atoms with E-state index in [9.17, 15) is 67.2 Å². The van der Waals surface area contributed by atoms with Gasteiger partial charge >= 0.3 is 41.6 Å². The maximum absolute atomic E-state index is 12.3. The highest BCUT2D eigenvalue weighted by atomic mass is 32.3. The molecule has 0 aromatic rings. The third-order valence-electron chi connectivity index (χ3n) is 24.1. The van der Waals surface area contributed by atoms with Crippen molar-refractivity contribution < 1.29 is 83.9 Å². The molecular weight excluding hydrogens is 1080 g/mol. The van der Waals surface area contributed by atoms with E-state index in [4.69, 9.17) is 16.7 Å². The number of fused-ring (bicyclic) bond motifs is 10. The van der Waals surface area contributed by atoms with Crippen LogP contribution in [0.3, 0.4) is 0 Å². The first kappa shape index (κ1) is 60.4. The number of aliphatic hydroxyl groups excluding tert-OH is 3. The van der Waals surface area contributed by atoms with Crippen molar-refractivity contribution in [2.24, 2.45) is 104 Å². The highest BCUT2D eigenvalue weighted by Gasteiger charge is 2.67. The average Bonchev–Trinajstić information content (AvgIpc) is 4.12. The van der Waals surface area contributed by atoms with Gasteiger partial charge in [-0.15, -0.1) is 0 Å². The molecule has 0 aliphatic heterocycles. The maximum Gasteiger partial charge on any atom is 0.397 e. The third-order valence-corrected chi connectivity index (χ3v) is 26.1. The Hall–Kier alpha value is -1.16. The van der Waals surface area contributed by atoms with Crippen molar-refractivity contribution in [1.82, 2.24) is 0 Å². The Labute approximate surface area is 458 Å². The SMILES string of the molecule is C=C1CCC(C)(/C=C/C(O)[C@@H](C)[C@H]2CC[C@H]3[C@@H]4C[C@H](OS(=O)(=O)O)[C@H]5C[C@@H](O)[C@@H](OS(=O)(=O)O)C[C@]5(C)[C@H]4CC[C@]23C)C1CC[C@@H](C)[C@H]1CC[C@H]2[C@@H]3C[C@H](OS(=O)(=O)O)[C@H]4C[C@H](O)[C@@H](OS(=O)(=O)O)C[C@]4(C)[C@H]3CC[C@]12C. The number of allylic oxidation sites excluding steroid dienone is 2. The fraction of sp³-hybridized carbons (Fsp3) is 0.926. The number of hydrogen-bond acceptors (Lipinski definition) is 15. The Kier molecular flexibility index (Phi) is 16.4. The molecule has 0 heterocycles. The summed E-state index contributed by atoms with van der Waals surface area (Å²) < 4.78 is 156. The topological polar surface area (TPSA) is 315 Å². The monoisotopic (exact) mass is 1170 g/mol. The summed E-state index contributed by atoms with van der Waals surface area (Å²) in [6.07, 6.45) is 7.86. The van der Waals surface area contributed by atoms with Crippen LogP contribution in [0.1, 0.15) is 164 Å². The van der Waals surface area contributed by atoms with Gasteiger partial charge in [0, 0.05) is 0 Å². The third kappa shape index (κ3) is 11.5. The lowest BCUT2D eigenvalue weighted by Gasteiger charge is -2.63. The lowest BCUT2D eigenvalue weighted by Crippen LogP contribution is -2.61. The highest BCUT2D eigenvalue weighted by Crippen LogP contribution is 2.71. The molecule has 7 N–H and O–H groups in total. The summed E-state index contributed by atoms with van der Waals surface area (Å²) in [4.78, 5) is 0. The quantitative estimate of drug-likeness (QED) is 0.0566. The maximum atomic E-state index is 12.3. The molecule has 9 saturated carbocycles. The van der Waals surface area contributed by atoms with E-state index in [1.54, 1.807) is 0 Å². The normalized spacial score (nSPS) is 48.5. The second-order valence-electron chi connectivity index (χ2n) is 27.7. The van der Waals surface area contributed by atoms with Crippen molar-refractivity contribution >= 4 is 41.6 Å². The summed E-state index contributed by atoms with van der Waals surface area (Å²) in [6, 6.07) is 0. The molecule has 9 aliphatic rings. The van der Waals surface area contributed by atoms with E-state index in [2.05, 4.69) is 47.3 Å². The van der Waals surface area contributed by atoms with E-state index in [0.717, 1.165) is 77.0 Å². The second-order valence-corrected chi connectivity index (χ2v) is 31.8. The van der Waals surface area contributed by atoms with Crippen molar-refractivity contribution in [2.45, 2.75) is 207 Å². The molecule has 9 fully saturated rings. The van der Waals surface area contributed by atoms with Crippen LogP contribution in [-0.4, -0.2) is 110 Å². The first-order valence-electron chi connectivity index (χ1n) is 28.4. The molecule has 77 heavy (non-hydrogen) atoms. The van der Waals surface area contributed by atoms with Gasteiger partial charge in [0.15, 0.2) is 0 Å². The van der Waals surface area contributed by atoms with Crippen LogP contribution in [-0.2, 0) is 58.3 Å². The largest absolute Gasteiger partial charge is 0.397 e. The van der Waals surface area contributed by atoms with Crippen LogP contribution in [0.2, 0.25) is 0 Å². The Balaban J connectivity index is 0.860. The molecule has 0 spiro atoms. The average molecular weight is 1170 g/mol. The van der Waals surface area contributed by atoms with E-state index in [1.165, 1.54) is 5.57 Å². The minimum atomic E-state index is -4.90. The molecule has 0 saturated heterocycles. The summed E-state index contributed by atoms with van der Waals surface area (Å²) in [5.41, 5.74) is -0.795. The van der Waals surface area contributed by atoms with Gasteiger partial charge in [0.1, 0.15) is 12.2 Å². The van der Waals surface area contributed by atoms with Gasteiger partial charge in [0.25, 0.3) is 0 Å². The first-order chi connectivity index (χ1) is 35.4. The number of rotatable bonds is 16. The van der Waals surface area contributed by atoms with Gasteiger partial charge in [-0.2, -0.15) is 33.7 Å². The molecule has 0 bridgehead atoms. The predicted molar refractivity (Wildman–Crippen MR) is 282 cm³/mol. The Bertz CT molecular complexity index is 2720. The van der Waals surface area contributed by atoms with E-state index in [-0.39, 0.29) is 95.2 Å². The zero-order valence-corrected chi connectivity index (χ0v) is 49.1. The standard InChI is InChI=1S/C54H88O19S4/c1-29(35-11-13-37-32-23-46(70-74(58,59)60)41-25-44(56)48(72-76(64,65)66)27-53(41,7)39(32)16-21-51(35,37)5)9-10-34-30(2)15-19-50(34,4)20-18-43(55)31(3)36-12-14-38-33-24-47(71-75(61,62)63)42-26-45(57)49(73-77(67,68)69)28-54(42,8)40(33)17-22-52(36,38)6/h18,20,29,31-49,55-57H,2,9-17,19,21-28H2,1,3-8H3,(H,58,59,60)(H,61,62,63)(H,64,65,66)(H,67,68,69)/b20-18+/t29-,31+,32+,33+,34?,35-,36-,37+,38+,39+,40+,41-,42-,43?,44+,45-,46+,47+,48+,49+,50?,51-,52-,53-,54-/m1/s1. The van der Waals surface area contributed by atoms with Crippen molar-refractivity contribution in [3.05, 3.63) is 24.3 Å². The lowest BCUT2D eigenvalue weighted by atomic mass is 9.43. The van der Waals surface area contributed by atoms with Crippen molar-refractivity contribution in [2.75, 3.05) is 0 Å². The molecule has 19 nitrogen and oxygen atoms in total. The molecule has 0 amide bonds. The Morgan fingerprint density at radius 1 is 0.558 bits per heavy atom. The van der Waals surface area contributed by atoms with Crippen molar-refractivity contribution in [1.29, 1.82) is 0 Å². The fourth-order valence-corrected chi connectivity index (χ4v) is 22.9. The summed E-state index contributed by atoms with van der Waals surface area (Å²) in [7, 11) is -19.5. The molecule has 3 unspecified atom stereocenters. The van der Waals surface area contributed by atoms with Gasteiger partial charge in [0.2, 0.25) is 0 Å². The van der Waals surface area contributed by atoms with Crippen LogP contribution in [0.15, 0.2) is 24.3 Å². The second kappa shape index (κ2) is 20.9. The van der Waals surface area contributed by atoms with Crippen molar-refractivity contribution in [3.63, 3.8) is 0 Å². The van der Waals surface area contributed by atoms with Crippen LogP contribution in [0.5, 0.6) is 0 Å². The molecule has 25 atom stereocenters. The zero-order chi connectivity index (χ0) is 56.6. The van der Waals surface area contributed by atoms with Gasteiger partial charge in [-0.1, -0.05) is 72.8 Å². The summed E-state index contributed by atoms with van der Waals surface area (Å²) in [6.45, 7) is 19.9. The minimum Gasteiger partial charge on any atom is -0.390 e. The smallest absolute Gasteiger partial charge is 0.390 e. The summed E-state index contributed by atoms with van der Waals surface area (Å²) in [5.74, 6) is 0.189. The molecule has 0 radical (unpaired) electrons. The summed E-state index contributed by atoms with van der Waals surface area (Å²) in [5, 5.41) is 34.1. The highest BCUT2D eigenvalue weighted by molar-refractivity contribution is 7.81. The number of aliphatic hydroxyl groups is 3. The first-order valence-corrected chi connectivity index (χ1v) is 33.9. The molecule has 9 rings (SSSR count). The van der Waals surface area contributed by atoms with Gasteiger partial charge in [-0.05, 0) is 220 Å². The number of hydrogen-bond donors (Lipinski definition) is 7. The van der Waals surface area contributed by atoms with Crippen molar-refractivity contribution in [3.8, 4) is 0 Å². The van der Waals surface area contributed by atoms with Crippen LogP contribution in [0.25, 0.3) is 0 Å². The Morgan fingerprint density at radius 3 is 1.40 bits per heavy atom. The van der Waals surface area contributed by atoms with E-state index < -0.39 is 107 Å². The van der Waals surface area contributed by atoms with Crippen LogP contribution in [0.4, 0.5) is 0 Å². The van der Waals surface area contributed by atoms with Gasteiger partial charge in [-0.3, -0.25) is 18.2 Å². The van der Waals surface area contributed by atoms with Crippen LogP contribution < -0.4 is 0 Å². The molecule has 23 heteroatoms. The Morgan fingerprint density at radius 2 is 0.961 bits per heavy atom. The molecule has 0 aromatic heterocycles. The molecular formula is C54H88O19S4. The predicted octanol–water partition coefficient (Wildman–Crippen LogP) is 8.16. The van der Waals surface area contributed by atoms with Gasteiger partial charge in [-0.25, -0.2) is 16.7 Å². The van der Waals surface area contributed by atoms with Crippen LogP contribution in [0, 0.1) is 104 Å². The van der Waals surface area contributed by atoms with E-state index in [1.807, 2.05) is 19.9 Å². The lowest BCUT2D eigenvalue weighted by molar-refractivity contribution is -0.187. The van der Waals surface area contributed by atoms with E-state index >= 15 is 0 Å². The van der Waals surface area contributed by atoms with Crippen LogP contribution >= 0.6 is 0 Å². The van der Waals surface area contributed by atoms with E-state index in [0.29, 0.717) is 24.7 Å². The molecule has 442 valence electrons. The molecule has 9 aliphatic carbocycles. The van der Waals surface area contributed by atoms with Gasteiger partial charge < -0.3 is 15.3 Å². The van der Waals surface area contributed by atoms with Gasteiger partial charge in [0.05, 0.1) is 30.5 Å². The minimum absolute atomic E-state index is 0.00679. The fourth-order valence-electron chi connectivity index (χ4n) is 20.8. The zero-order valence-electron chi connectivity index (χ0n) is 45.8.